The lowest BCUT2D eigenvalue weighted by atomic mass is 10.1. The van der Waals surface area contributed by atoms with Gasteiger partial charge in [0.15, 0.2) is 5.82 Å². The van der Waals surface area contributed by atoms with Gasteiger partial charge in [-0.2, -0.15) is 0 Å². The smallest absolute Gasteiger partial charge is 0.230 e. The fourth-order valence-electron chi connectivity index (χ4n) is 3.02. The van der Waals surface area contributed by atoms with Crippen LogP contribution in [0.15, 0.2) is 61.1 Å². The molecule has 0 radical (unpaired) electrons. The molecule has 2 aromatic heterocycles. The van der Waals surface area contributed by atoms with E-state index in [1.54, 1.807) is 19.5 Å². The van der Waals surface area contributed by atoms with E-state index in [0.717, 1.165) is 16.5 Å². The van der Waals surface area contributed by atoms with E-state index >= 15 is 0 Å². The summed E-state index contributed by atoms with van der Waals surface area (Å²) in [5.41, 5.74) is 2.64. The Hall–Kier alpha value is -3.05. The molecule has 0 aliphatic carbocycles. The summed E-state index contributed by atoms with van der Waals surface area (Å²) < 4.78 is 7.38. The van der Waals surface area contributed by atoms with Gasteiger partial charge < -0.3 is 14.3 Å². The third-order valence-corrected chi connectivity index (χ3v) is 4.56. The molecule has 130 valence electrons. The lowest BCUT2D eigenvalue weighted by Crippen LogP contribution is -2.03. The summed E-state index contributed by atoms with van der Waals surface area (Å²) in [5.74, 6) is 0.872. The molecule has 0 spiro atoms. The Bertz CT molecular complexity index is 1070. The highest BCUT2D eigenvalue weighted by molar-refractivity contribution is 6.30. The van der Waals surface area contributed by atoms with Crippen LogP contribution in [0.1, 0.15) is 21.7 Å². The minimum absolute atomic E-state index is 0.150. The molecule has 0 saturated heterocycles. The van der Waals surface area contributed by atoms with E-state index < -0.39 is 0 Å². The number of aromatic nitrogens is 3. The van der Waals surface area contributed by atoms with Crippen molar-refractivity contribution in [2.24, 2.45) is 0 Å². The van der Waals surface area contributed by atoms with E-state index in [1.165, 1.54) is 0 Å². The molecule has 5 nitrogen and oxygen atoms in total. The molecule has 2 aromatic carbocycles. The Morgan fingerprint density at radius 1 is 1.23 bits per heavy atom. The normalized spacial score (nSPS) is 11.0. The number of methoxy groups -OCH3 is 1. The van der Waals surface area contributed by atoms with Crippen LogP contribution < -0.4 is 4.74 Å². The highest BCUT2D eigenvalue weighted by atomic mass is 35.5. The Balaban J connectivity index is 1.83. The molecule has 0 unspecified atom stereocenters. The Labute approximate surface area is 155 Å². The fraction of sp³-hybridized carbons (Fsp3) is 0.100. The van der Waals surface area contributed by atoms with Crippen LogP contribution in [0, 0.1) is 0 Å². The van der Waals surface area contributed by atoms with E-state index in [9.17, 15) is 4.79 Å². The topological polar surface area (TPSA) is 59.9 Å². The van der Waals surface area contributed by atoms with Crippen LogP contribution in [-0.2, 0) is 6.54 Å². The molecule has 2 heterocycles. The van der Waals surface area contributed by atoms with E-state index in [4.69, 9.17) is 16.3 Å². The Morgan fingerprint density at radius 3 is 2.73 bits per heavy atom. The highest BCUT2D eigenvalue weighted by Crippen LogP contribution is 2.28. The van der Waals surface area contributed by atoms with Crippen LogP contribution in [0.5, 0.6) is 5.75 Å². The maximum atomic E-state index is 12.9. The zero-order chi connectivity index (χ0) is 18.1. The second-order valence-corrected chi connectivity index (χ2v) is 6.38. The largest absolute Gasteiger partial charge is 0.497 e. The van der Waals surface area contributed by atoms with Gasteiger partial charge in [0.1, 0.15) is 5.75 Å². The van der Waals surface area contributed by atoms with E-state index in [1.807, 2.05) is 53.2 Å². The molecule has 0 fully saturated rings. The van der Waals surface area contributed by atoms with Gasteiger partial charge in [0.2, 0.25) is 5.78 Å². The number of H-pyrrole nitrogens is 1. The van der Waals surface area contributed by atoms with Crippen LogP contribution in [0.25, 0.3) is 10.9 Å². The first kappa shape index (κ1) is 16.4. The van der Waals surface area contributed by atoms with Crippen molar-refractivity contribution in [1.82, 2.24) is 14.5 Å². The number of rotatable bonds is 5. The van der Waals surface area contributed by atoms with E-state index in [0.29, 0.717) is 28.7 Å². The van der Waals surface area contributed by atoms with Crippen LogP contribution >= 0.6 is 11.6 Å². The van der Waals surface area contributed by atoms with Gasteiger partial charge in [-0.25, -0.2) is 4.98 Å². The minimum atomic E-state index is -0.150. The van der Waals surface area contributed by atoms with E-state index in [-0.39, 0.29) is 5.78 Å². The van der Waals surface area contributed by atoms with E-state index in [2.05, 4.69) is 9.97 Å². The molecule has 0 bridgehead atoms. The first-order valence-electron chi connectivity index (χ1n) is 8.11. The van der Waals surface area contributed by atoms with Crippen molar-refractivity contribution < 1.29 is 9.53 Å². The molecule has 0 saturated carbocycles. The Morgan fingerprint density at radius 2 is 2.04 bits per heavy atom. The number of carbonyl (C=O) groups excluding carboxylic acids is 1. The molecule has 0 atom stereocenters. The van der Waals surface area contributed by atoms with Crippen molar-refractivity contribution >= 4 is 28.3 Å². The Kier molecular flexibility index (Phi) is 4.22. The maximum absolute atomic E-state index is 12.9. The molecule has 0 amide bonds. The lowest BCUT2D eigenvalue weighted by molar-refractivity contribution is 0.103. The molecule has 4 aromatic rings. The van der Waals surface area contributed by atoms with Gasteiger partial charge in [0, 0.05) is 41.1 Å². The number of nitrogens with one attached hydrogen (secondary N) is 1. The summed E-state index contributed by atoms with van der Waals surface area (Å²) in [6.07, 6.45) is 5.07. The molecule has 0 aliphatic rings. The van der Waals surface area contributed by atoms with Gasteiger partial charge in [0.25, 0.3) is 0 Å². The van der Waals surface area contributed by atoms with Crippen molar-refractivity contribution in [3.8, 4) is 5.75 Å². The predicted molar refractivity (Wildman–Crippen MR) is 101 cm³/mol. The molecule has 4 rings (SSSR count). The summed E-state index contributed by atoms with van der Waals surface area (Å²) in [4.78, 5) is 19.8. The number of hydrogen-bond donors (Lipinski definition) is 1. The number of carbonyl (C=O) groups is 1. The number of halogens is 1. The van der Waals surface area contributed by atoms with Crippen LogP contribution in [-0.4, -0.2) is 27.4 Å². The second kappa shape index (κ2) is 6.69. The van der Waals surface area contributed by atoms with Crippen molar-refractivity contribution in [3.05, 3.63) is 83.0 Å². The lowest BCUT2D eigenvalue weighted by Gasteiger charge is -2.06. The number of ketones is 1. The fourth-order valence-corrected chi connectivity index (χ4v) is 3.14. The number of imidazole rings is 1. The summed E-state index contributed by atoms with van der Waals surface area (Å²) in [5, 5.41) is 1.53. The average Bonchev–Trinajstić information content (AvgIpc) is 3.31. The third-order valence-electron chi connectivity index (χ3n) is 4.31. The van der Waals surface area contributed by atoms with Gasteiger partial charge in [-0.1, -0.05) is 23.7 Å². The maximum Gasteiger partial charge on any atom is 0.230 e. The first-order chi connectivity index (χ1) is 12.7. The van der Waals surface area contributed by atoms with Crippen LogP contribution in [0.3, 0.4) is 0 Å². The number of fused-ring (bicyclic) bond motifs is 1. The number of benzene rings is 2. The molecule has 0 aliphatic heterocycles. The quantitative estimate of drug-likeness (QED) is 0.536. The number of nitrogens with zero attached hydrogens (tertiary/aromatic N) is 2. The van der Waals surface area contributed by atoms with Gasteiger partial charge in [-0.3, -0.25) is 4.79 Å². The van der Waals surface area contributed by atoms with Crippen LogP contribution in [0.2, 0.25) is 5.02 Å². The minimum Gasteiger partial charge on any atom is -0.497 e. The van der Waals surface area contributed by atoms with Crippen molar-refractivity contribution in [3.63, 3.8) is 0 Å². The van der Waals surface area contributed by atoms with Gasteiger partial charge in [0.05, 0.1) is 12.7 Å². The van der Waals surface area contributed by atoms with Gasteiger partial charge in [-0.15, -0.1) is 0 Å². The summed E-state index contributed by atoms with van der Waals surface area (Å²) in [6.45, 7) is 0.630. The zero-order valence-corrected chi connectivity index (χ0v) is 14.8. The van der Waals surface area contributed by atoms with Gasteiger partial charge >= 0.3 is 0 Å². The SMILES string of the molecule is COc1ccc2c(c1)c(C(=O)c1ncc[nH]1)cn2Cc1ccc(Cl)cc1. The number of aromatic amines is 1. The zero-order valence-electron chi connectivity index (χ0n) is 14.1. The van der Waals surface area contributed by atoms with Crippen molar-refractivity contribution in [1.29, 1.82) is 0 Å². The van der Waals surface area contributed by atoms with Crippen molar-refractivity contribution in [2.45, 2.75) is 6.54 Å². The number of ether oxygens (including phenoxy) is 1. The molecular formula is C20H16ClN3O2. The first-order valence-corrected chi connectivity index (χ1v) is 8.49. The molecular weight excluding hydrogens is 350 g/mol. The van der Waals surface area contributed by atoms with Crippen LogP contribution in [0.4, 0.5) is 0 Å². The standard InChI is InChI=1S/C20H16ClN3O2/c1-26-15-6-7-18-16(10-15)17(19(25)20-22-8-9-23-20)12-24(18)11-13-2-4-14(21)5-3-13/h2-10,12H,11H2,1H3,(H,22,23). The van der Waals surface area contributed by atoms with Crippen molar-refractivity contribution in [2.75, 3.05) is 7.11 Å². The average molecular weight is 366 g/mol. The van der Waals surface area contributed by atoms with Gasteiger partial charge in [-0.05, 0) is 35.9 Å². The summed E-state index contributed by atoms with van der Waals surface area (Å²) >= 11 is 5.97. The summed E-state index contributed by atoms with van der Waals surface area (Å²) in [7, 11) is 1.61. The third kappa shape index (κ3) is 2.97. The second-order valence-electron chi connectivity index (χ2n) is 5.95. The number of hydrogen-bond acceptors (Lipinski definition) is 3. The predicted octanol–water partition coefficient (Wildman–Crippen LogP) is 4.31. The monoisotopic (exact) mass is 365 g/mol. The molecule has 26 heavy (non-hydrogen) atoms. The summed E-state index contributed by atoms with van der Waals surface area (Å²) in [6, 6.07) is 13.4. The molecule has 6 heteroatoms. The molecule has 1 N–H and O–H groups in total. The highest BCUT2D eigenvalue weighted by Gasteiger charge is 2.19.